The monoisotopic (exact) mass is 365 g/mol. The molecule has 1 aliphatic rings. The van der Waals surface area contributed by atoms with Gasteiger partial charge in [-0.2, -0.15) is 13.2 Å². The van der Waals surface area contributed by atoms with E-state index in [4.69, 9.17) is 9.57 Å². The van der Waals surface area contributed by atoms with Crippen LogP contribution >= 0.6 is 0 Å². The van der Waals surface area contributed by atoms with Crippen molar-refractivity contribution in [3.05, 3.63) is 59.7 Å². The molecule has 1 amide bonds. The molecule has 0 saturated carbocycles. The molecule has 26 heavy (non-hydrogen) atoms. The maximum Gasteiger partial charge on any atom is 0.416 e. The van der Waals surface area contributed by atoms with E-state index < -0.39 is 23.9 Å². The molecule has 138 valence electrons. The first-order valence-electron chi connectivity index (χ1n) is 8.29. The van der Waals surface area contributed by atoms with Crippen LogP contribution in [0.3, 0.4) is 0 Å². The number of hydroxylamine groups is 1. The van der Waals surface area contributed by atoms with Gasteiger partial charge < -0.3 is 4.74 Å². The Bertz CT molecular complexity index is 753. The van der Waals surface area contributed by atoms with E-state index in [9.17, 15) is 18.0 Å². The summed E-state index contributed by atoms with van der Waals surface area (Å²) >= 11 is 0. The second-order valence-corrected chi connectivity index (χ2v) is 5.97. The Labute approximate surface area is 148 Å². The van der Waals surface area contributed by atoms with Crippen molar-refractivity contribution in [3.8, 4) is 11.1 Å². The number of amides is 1. The number of carbonyl (C=O) groups excluding carboxylic acids is 1. The van der Waals surface area contributed by atoms with E-state index in [1.807, 2.05) is 0 Å². The summed E-state index contributed by atoms with van der Waals surface area (Å²) in [5.41, 5.74) is 2.98. The summed E-state index contributed by atoms with van der Waals surface area (Å²) in [6.45, 7) is 0.586. The van der Waals surface area contributed by atoms with Crippen LogP contribution in [0.1, 0.15) is 35.2 Å². The number of ether oxygens (including phenoxy) is 1. The normalized spacial score (nSPS) is 17.7. The van der Waals surface area contributed by atoms with Crippen LogP contribution in [0, 0.1) is 0 Å². The largest absolute Gasteiger partial charge is 0.416 e. The molecule has 1 N–H and O–H groups in total. The molecule has 7 heteroatoms. The zero-order valence-corrected chi connectivity index (χ0v) is 13.9. The van der Waals surface area contributed by atoms with Crippen LogP contribution in [-0.4, -0.2) is 18.8 Å². The molecule has 2 aromatic carbocycles. The average molecular weight is 365 g/mol. The van der Waals surface area contributed by atoms with Crippen LogP contribution < -0.4 is 5.48 Å². The molecule has 2 aromatic rings. The highest BCUT2D eigenvalue weighted by molar-refractivity contribution is 6.00. The summed E-state index contributed by atoms with van der Waals surface area (Å²) in [6, 6.07) is 11.4. The van der Waals surface area contributed by atoms with E-state index in [0.29, 0.717) is 29.7 Å². The fourth-order valence-electron chi connectivity index (χ4n) is 2.75. The highest BCUT2D eigenvalue weighted by atomic mass is 19.4. The third-order valence-electron chi connectivity index (χ3n) is 4.12. The van der Waals surface area contributed by atoms with Crippen LogP contribution in [0.25, 0.3) is 11.1 Å². The molecule has 0 bridgehead atoms. The molecule has 1 atom stereocenters. The van der Waals surface area contributed by atoms with Gasteiger partial charge in [-0.1, -0.05) is 30.3 Å². The van der Waals surface area contributed by atoms with Crippen molar-refractivity contribution in [1.29, 1.82) is 0 Å². The van der Waals surface area contributed by atoms with Crippen LogP contribution in [0.4, 0.5) is 13.2 Å². The summed E-state index contributed by atoms with van der Waals surface area (Å²) in [7, 11) is 0. The summed E-state index contributed by atoms with van der Waals surface area (Å²) in [4.78, 5) is 17.7. The molecule has 0 spiro atoms. The van der Waals surface area contributed by atoms with Gasteiger partial charge in [0.1, 0.15) is 0 Å². The van der Waals surface area contributed by atoms with E-state index >= 15 is 0 Å². The molecule has 1 heterocycles. The molecule has 4 nitrogen and oxygen atoms in total. The zero-order chi connectivity index (χ0) is 18.6. The van der Waals surface area contributed by atoms with Crippen molar-refractivity contribution in [3.63, 3.8) is 0 Å². The van der Waals surface area contributed by atoms with Gasteiger partial charge in [0.2, 0.25) is 0 Å². The highest BCUT2D eigenvalue weighted by Crippen LogP contribution is 2.31. The highest BCUT2D eigenvalue weighted by Gasteiger charge is 2.30. The third kappa shape index (κ3) is 4.42. The van der Waals surface area contributed by atoms with Crippen molar-refractivity contribution in [2.75, 3.05) is 6.61 Å². The van der Waals surface area contributed by atoms with E-state index in [2.05, 4.69) is 5.48 Å². The maximum absolute atomic E-state index is 12.7. The first-order valence-corrected chi connectivity index (χ1v) is 8.29. The number of hydrogen-bond acceptors (Lipinski definition) is 3. The molecule has 0 unspecified atom stereocenters. The molecule has 3 rings (SSSR count). The predicted octanol–water partition coefficient (Wildman–Crippen LogP) is 4.56. The van der Waals surface area contributed by atoms with Crippen LogP contribution in [0.15, 0.2) is 48.5 Å². The number of rotatable bonds is 4. The molecular formula is C19H18F3NO3. The SMILES string of the molecule is O=C(NO[C@@H]1CCCCO1)c1ccccc1-c1ccc(C(F)(F)F)cc1. The molecule has 0 aromatic heterocycles. The van der Waals surface area contributed by atoms with Gasteiger partial charge in [-0.15, -0.1) is 0 Å². The minimum atomic E-state index is -4.40. The van der Waals surface area contributed by atoms with E-state index in [1.165, 1.54) is 12.1 Å². The Morgan fingerprint density at radius 3 is 2.46 bits per heavy atom. The summed E-state index contributed by atoms with van der Waals surface area (Å²) in [6.07, 6.45) is -2.26. The van der Waals surface area contributed by atoms with Crippen molar-refractivity contribution in [1.82, 2.24) is 5.48 Å². The minimum absolute atomic E-state index is 0.308. The van der Waals surface area contributed by atoms with E-state index in [0.717, 1.165) is 25.0 Å². The van der Waals surface area contributed by atoms with E-state index in [1.54, 1.807) is 24.3 Å². The summed E-state index contributed by atoms with van der Waals surface area (Å²) < 4.78 is 43.5. The van der Waals surface area contributed by atoms with Crippen LogP contribution in [0.2, 0.25) is 0 Å². The number of alkyl halides is 3. The van der Waals surface area contributed by atoms with Crippen molar-refractivity contribution in [2.24, 2.45) is 0 Å². The topological polar surface area (TPSA) is 47.6 Å². The van der Waals surface area contributed by atoms with Crippen molar-refractivity contribution >= 4 is 5.91 Å². The Kier molecular flexibility index (Phi) is 5.58. The standard InChI is InChI=1S/C19H18F3NO3/c20-19(21,22)14-10-8-13(9-11-14)15-5-1-2-6-16(15)18(24)23-26-17-7-3-4-12-25-17/h1-2,5-6,8-11,17H,3-4,7,12H2,(H,23,24)/t17-/m1/s1. The summed E-state index contributed by atoms with van der Waals surface area (Å²) in [5, 5.41) is 0. The lowest BCUT2D eigenvalue weighted by molar-refractivity contribution is -0.186. The quantitative estimate of drug-likeness (QED) is 0.808. The number of nitrogens with one attached hydrogen (secondary N) is 1. The first kappa shape index (κ1) is 18.4. The second-order valence-electron chi connectivity index (χ2n) is 5.97. The van der Waals surface area contributed by atoms with Gasteiger partial charge in [0, 0.05) is 18.6 Å². The Balaban J connectivity index is 1.76. The Morgan fingerprint density at radius 1 is 1.08 bits per heavy atom. The number of hydrogen-bond donors (Lipinski definition) is 1. The van der Waals surface area contributed by atoms with Gasteiger partial charge in [0.15, 0.2) is 6.29 Å². The molecule has 1 aliphatic heterocycles. The first-order chi connectivity index (χ1) is 12.4. The minimum Gasteiger partial charge on any atom is -0.350 e. The van der Waals surface area contributed by atoms with E-state index in [-0.39, 0.29) is 0 Å². The maximum atomic E-state index is 12.7. The lowest BCUT2D eigenvalue weighted by Crippen LogP contribution is -2.33. The molecule has 1 fully saturated rings. The van der Waals surface area contributed by atoms with Crippen molar-refractivity contribution < 1.29 is 27.5 Å². The molecule has 0 aliphatic carbocycles. The lowest BCUT2D eigenvalue weighted by atomic mass is 9.98. The number of halogens is 3. The number of benzene rings is 2. The van der Waals surface area contributed by atoms with Gasteiger partial charge in [-0.3, -0.25) is 4.79 Å². The lowest BCUT2D eigenvalue weighted by Gasteiger charge is -2.22. The Hall–Kier alpha value is -2.38. The smallest absolute Gasteiger partial charge is 0.350 e. The van der Waals surface area contributed by atoms with Gasteiger partial charge in [-0.25, -0.2) is 10.3 Å². The summed E-state index contributed by atoms with van der Waals surface area (Å²) in [5.74, 6) is -0.477. The molecule has 0 radical (unpaired) electrons. The van der Waals surface area contributed by atoms with Crippen LogP contribution in [0.5, 0.6) is 0 Å². The third-order valence-corrected chi connectivity index (χ3v) is 4.12. The Morgan fingerprint density at radius 2 is 1.81 bits per heavy atom. The predicted molar refractivity (Wildman–Crippen MR) is 89.0 cm³/mol. The second kappa shape index (κ2) is 7.88. The van der Waals surface area contributed by atoms with Gasteiger partial charge >= 0.3 is 6.18 Å². The van der Waals surface area contributed by atoms with Crippen molar-refractivity contribution in [2.45, 2.75) is 31.7 Å². The molecule has 1 saturated heterocycles. The molecular weight excluding hydrogens is 347 g/mol. The van der Waals surface area contributed by atoms with Gasteiger partial charge in [0.05, 0.1) is 5.56 Å². The van der Waals surface area contributed by atoms with Crippen LogP contribution in [-0.2, 0) is 15.8 Å². The fourth-order valence-corrected chi connectivity index (χ4v) is 2.75. The van der Waals surface area contributed by atoms with Gasteiger partial charge in [0.25, 0.3) is 5.91 Å². The average Bonchev–Trinajstić information content (AvgIpc) is 2.66. The van der Waals surface area contributed by atoms with Gasteiger partial charge in [-0.05, 0) is 42.2 Å². The number of carbonyl (C=O) groups is 1. The fraction of sp³-hybridized carbons (Fsp3) is 0.316. The zero-order valence-electron chi connectivity index (χ0n) is 13.9.